The summed E-state index contributed by atoms with van der Waals surface area (Å²) in [7, 11) is 0. The van der Waals surface area contributed by atoms with Crippen LogP contribution in [0.15, 0.2) is 0 Å². The molecule has 0 aliphatic heterocycles. The molecule has 0 unspecified atom stereocenters. The zero-order valence-electron chi connectivity index (χ0n) is 12.2. The Hall–Kier alpha value is -1.59. The Labute approximate surface area is 114 Å². The highest BCUT2D eigenvalue weighted by molar-refractivity contribution is 5.86. The molecule has 2 amide bonds. The summed E-state index contributed by atoms with van der Waals surface area (Å²) in [4.78, 5) is 34.0. The van der Waals surface area contributed by atoms with Crippen molar-refractivity contribution in [1.82, 2.24) is 10.6 Å². The van der Waals surface area contributed by atoms with Crippen LogP contribution in [0.25, 0.3) is 0 Å². The fraction of sp³-hybridized carbons (Fsp3) is 0.769. The van der Waals surface area contributed by atoms with Gasteiger partial charge >= 0.3 is 5.97 Å². The SMILES string of the molecule is CCCNC(=O)CNC(=O)CCC(=O)OC(C)(C)C. The summed E-state index contributed by atoms with van der Waals surface area (Å²) in [5, 5.41) is 5.09. The predicted molar refractivity (Wildman–Crippen MR) is 71.4 cm³/mol. The first-order chi connectivity index (χ1) is 8.74. The first-order valence-electron chi connectivity index (χ1n) is 6.50. The smallest absolute Gasteiger partial charge is 0.306 e. The van der Waals surface area contributed by atoms with Crippen molar-refractivity contribution in [2.75, 3.05) is 13.1 Å². The number of hydrogen-bond acceptors (Lipinski definition) is 4. The van der Waals surface area contributed by atoms with Crippen LogP contribution in [0, 0.1) is 0 Å². The molecule has 0 rings (SSSR count). The number of carbonyl (C=O) groups excluding carboxylic acids is 3. The van der Waals surface area contributed by atoms with Crippen LogP contribution >= 0.6 is 0 Å². The van der Waals surface area contributed by atoms with Crippen molar-refractivity contribution in [3.05, 3.63) is 0 Å². The molecule has 19 heavy (non-hydrogen) atoms. The Bertz CT molecular complexity index is 321. The van der Waals surface area contributed by atoms with Gasteiger partial charge in [0.2, 0.25) is 11.8 Å². The highest BCUT2D eigenvalue weighted by Crippen LogP contribution is 2.08. The Morgan fingerprint density at radius 3 is 2.16 bits per heavy atom. The summed E-state index contributed by atoms with van der Waals surface area (Å²) < 4.78 is 5.07. The van der Waals surface area contributed by atoms with Crippen molar-refractivity contribution < 1.29 is 19.1 Å². The van der Waals surface area contributed by atoms with Gasteiger partial charge in [0.05, 0.1) is 13.0 Å². The van der Waals surface area contributed by atoms with Gasteiger partial charge < -0.3 is 15.4 Å². The van der Waals surface area contributed by atoms with Crippen LogP contribution in [0.2, 0.25) is 0 Å². The number of hydrogen-bond donors (Lipinski definition) is 2. The van der Waals surface area contributed by atoms with Crippen LogP contribution in [0.5, 0.6) is 0 Å². The van der Waals surface area contributed by atoms with Gasteiger partial charge in [-0.3, -0.25) is 14.4 Å². The Morgan fingerprint density at radius 2 is 1.63 bits per heavy atom. The minimum Gasteiger partial charge on any atom is -0.460 e. The molecule has 6 heteroatoms. The molecule has 0 aromatic carbocycles. The number of ether oxygens (including phenoxy) is 1. The van der Waals surface area contributed by atoms with Gasteiger partial charge in [-0.05, 0) is 27.2 Å². The molecule has 0 spiro atoms. The van der Waals surface area contributed by atoms with Crippen LogP contribution in [0.4, 0.5) is 0 Å². The summed E-state index contributed by atoms with van der Waals surface area (Å²) in [5.41, 5.74) is -0.548. The number of rotatable bonds is 7. The van der Waals surface area contributed by atoms with E-state index in [1.54, 1.807) is 20.8 Å². The minimum absolute atomic E-state index is 0.0136. The van der Waals surface area contributed by atoms with Crippen molar-refractivity contribution in [1.29, 1.82) is 0 Å². The van der Waals surface area contributed by atoms with Gasteiger partial charge in [-0.1, -0.05) is 6.92 Å². The zero-order valence-corrected chi connectivity index (χ0v) is 12.2. The molecule has 0 saturated carbocycles. The molecule has 0 fully saturated rings. The first kappa shape index (κ1) is 17.4. The van der Waals surface area contributed by atoms with E-state index in [-0.39, 0.29) is 31.2 Å². The zero-order chi connectivity index (χ0) is 14.9. The van der Waals surface area contributed by atoms with Gasteiger partial charge in [0, 0.05) is 13.0 Å². The maximum atomic E-state index is 11.4. The Balaban J connectivity index is 3.76. The number of esters is 1. The molecule has 0 bridgehead atoms. The highest BCUT2D eigenvalue weighted by atomic mass is 16.6. The molecule has 0 aromatic heterocycles. The van der Waals surface area contributed by atoms with Gasteiger partial charge in [0.1, 0.15) is 5.60 Å². The molecule has 2 N–H and O–H groups in total. The van der Waals surface area contributed by atoms with Crippen molar-refractivity contribution in [2.24, 2.45) is 0 Å². The summed E-state index contributed by atoms with van der Waals surface area (Å²) in [6.45, 7) is 7.77. The van der Waals surface area contributed by atoms with E-state index in [2.05, 4.69) is 10.6 Å². The molecule has 0 heterocycles. The quantitative estimate of drug-likeness (QED) is 0.670. The average molecular weight is 272 g/mol. The van der Waals surface area contributed by atoms with E-state index in [9.17, 15) is 14.4 Å². The lowest BCUT2D eigenvalue weighted by atomic mass is 10.2. The highest BCUT2D eigenvalue weighted by Gasteiger charge is 2.17. The number of nitrogens with one attached hydrogen (secondary N) is 2. The molecule has 110 valence electrons. The van der Waals surface area contributed by atoms with Crippen molar-refractivity contribution >= 4 is 17.8 Å². The minimum atomic E-state index is -0.548. The Morgan fingerprint density at radius 1 is 1.00 bits per heavy atom. The van der Waals surface area contributed by atoms with Gasteiger partial charge in [-0.2, -0.15) is 0 Å². The summed E-state index contributed by atoms with van der Waals surface area (Å²) >= 11 is 0. The van der Waals surface area contributed by atoms with E-state index < -0.39 is 11.6 Å². The second kappa shape index (κ2) is 8.50. The molecular formula is C13H24N2O4. The Kier molecular flexibility index (Phi) is 7.79. The second-order valence-corrected chi connectivity index (χ2v) is 5.21. The third kappa shape index (κ3) is 11.2. The molecule has 6 nitrogen and oxygen atoms in total. The monoisotopic (exact) mass is 272 g/mol. The fourth-order valence-corrected chi connectivity index (χ4v) is 1.20. The molecule has 0 atom stereocenters. The van der Waals surface area contributed by atoms with Gasteiger partial charge in [0.25, 0.3) is 0 Å². The third-order valence-corrected chi connectivity index (χ3v) is 1.99. The molecule has 0 aliphatic carbocycles. The molecule has 0 radical (unpaired) electrons. The van der Waals surface area contributed by atoms with Crippen LogP contribution in [-0.2, 0) is 19.1 Å². The topological polar surface area (TPSA) is 84.5 Å². The van der Waals surface area contributed by atoms with Crippen LogP contribution < -0.4 is 10.6 Å². The second-order valence-electron chi connectivity index (χ2n) is 5.21. The fourth-order valence-electron chi connectivity index (χ4n) is 1.20. The predicted octanol–water partition coefficient (Wildman–Crippen LogP) is 0.751. The van der Waals surface area contributed by atoms with E-state index in [0.29, 0.717) is 6.54 Å². The molecule has 0 aliphatic rings. The average Bonchev–Trinajstić information content (AvgIpc) is 2.29. The summed E-state index contributed by atoms with van der Waals surface area (Å²) in [6.07, 6.45) is 0.883. The molecule has 0 saturated heterocycles. The maximum Gasteiger partial charge on any atom is 0.306 e. The van der Waals surface area contributed by atoms with Crippen molar-refractivity contribution in [2.45, 2.75) is 52.6 Å². The lowest BCUT2D eigenvalue weighted by molar-refractivity contribution is -0.155. The maximum absolute atomic E-state index is 11.4. The van der Waals surface area contributed by atoms with Crippen molar-refractivity contribution in [3.63, 3.8) is 0 Å². The van der Waals surface area contributed by atoms with Crippen LogP contribution in [-0.4, -0.2) is 36.5 Å². The lowest BCUT2D eigenvalue weighted by Crippen LogP contribution is -2.37. The van der Waals surface area contributed by atoms with Gasteiger partial charge in [-0.25, -0.2) is 0 Å². The van der Waals surface area contributed by atoms with E-state index >= 15 is 0 Å². The van der Waals surface area contributed by atoms with E-state index in [1.807, 2.05) is 6.92 Å². The van der Waals surface area contributed by atoms with Crippen molar-refractivity contribution in [3.8, 4) is 0 Å². The summed E-state index contributed by atoms with van der Waals surface area (Å²) in [5.74, 6) is -0.983. The summed E-state index contributed by atoms with van der Waals surface area (Å²) in [6, 6.07) is 0. The first-order valence-corrected chi connectivity index (χ1v) is 6.50. The number of carbonyl (C=O) groups is 3. The lowest BCUT2D eigenvalue weighted by Gasteiger charge is -2.19. The largest absolute Gasteiger partial charge is 0.460 e. The van der Waals surface area contributed by atoms with Crippen LogP contribution in [0.1, 0.15) is 47.0 Å². The van der Waals surface area contributed by atoms with E-state index in [4.69, 9.17) is 4.74 Å². The van der Waals surface area contributed by atoms with Gasteiger partial charge in [0.15, 0.2) is 0 Å². The van der Waals surface area contributed by atoms with E-state index in [1.165, 1.54) is 0 Å². The number of amides is 2. The molecule has 0 aromatic rings. The molecular weight excluding hydrogens is 248 g/mol. The standard InChI is InChI=1S/C13H24N2O4/c1-5-8-14-11(17)9-15-10(16)6-7-12(18)19-13(2,3)4/h5-9H2,1-4H3,(H,14,17)(H,15,16). The van der Waals surface area contributed by atoms with Gasteiger partial charge in [-0.15, -0.1) is 0 Å². The third-order valence-electron chi connectivity index (χ3n) is 1.99. The normalized spacial score (nSPS) is 10.7. The van der Waals surface area contributed by atoms with E-state index in [0.717, 1.165) is 6.42 Å². The van der Waals surface area contributed by atoms with Crippen LogP contribution in [0.3, 0.4) is 0 Å².